The summed E-state index contributed by atoms with van der Waals surface area (Å²) in [6.45, 7) is 6.58. The third-order valence-corrected chi connectivity index (χ3v) is 7.30. The van der Waals surface area contributed by atoms with Gasteiger partial charge in [0.2, 0.25) is 0 Å². The number of thiazole rings is 1. The Kier molecular flexibility index (Phi) is 6.91. The predicted molar refractivity (Wildman–Crippen MR) is 149 cm³/mol. The molecule has 0 aliphatic carbocycles. The molecule has 8 heteroatoms. The zero-order valence-electron chi connectivity index (χ0n) is 21.6. The molecule has 1 atom stereocenters. The van der Waals surface area contributed by atoms with E-state index >= 15 is 0 Å². The molecule has 194 valence electrons. The van der Waals surface area contributed by atoms with Crippen LogP contribution in [0, 0.1) is 12.8 Å². The smallest absolute Gasteiger partial charge is 0.301 e. The van der Waals surface area contributed by atoms with E-state index in [1.807, 2.05) is 39.0 Å². The molecular weight excluding hydrogens is 500 g/mol. The van der Waals surface area contributed by atoms with Gasteiger partial charge in [-0.15, -0.1) is 0 Å². The van der Waals surface area contributed by atoms with Crippen LogP contribution in [0.3, 0.4) is 0 Å². The Morgan fingerprint density at radius 3 is 2.58 bits per heavy atom. The number of amides is 1. The molecule has 1 aliphatic rings. The third-order valence-electron chi connectivity index (χ3n) is 6.28. The van der Waals surface area contributed by atoms with Gasteiger partial charge in [0.15, 0.2) is 5.13 Å². The SMILES string of the molecule is COc1cccc(C2/C(=C(\O)c3cccc(OCC(C)C)c3)C(=O)C(=O)N2c2nc3ccc(C)cc3s2)c1. The normalized spacial score (nSPS) is 17.0. The summed E-state index contributed by atoms with van der Waals surface area (Å²) in [5.74, 6) is -0.343. The number of Topliss-reactive ketones (excluding diaryl/α,β-unsaturated/α-hetero) is 1. The van der Waals surface area contributed by atoms with Crippen LogP contribution in [0.5, 0.6) is 11.5 Å². The van der Waals surface area contributed by atoms with Crippen LogP contribution >= 0.6 is 11.3 Å². The van der Waals surface area contributed by atoms with Gasteiger partial charge in [-0.1, -0.05) is 55.5 Å². The second-order valence-corrected chi connectivity index (χ2v) is 10.7. The van der Waals surface area contributed by atoms with Crippen LogP contribution < -0.4 is 14.4 Å². The lowest BCUT2D eigenvalue weighted by atomic mass is 9.95. The average Bonchev–Trinajstić information content (AvgIpc) is 3.44. The predicted octanol–water partition coefficient (Wildman–Crippen LogP) is 6.27. The Morgan fingerprint density at radius 2 is 1.82 bits per heavy atom. The van der Waals surface area contributed by atoms with Crippen LogP contribution in [0.25, 0.3) is 16.0 Å². The molecule has 5 rings (SSSR count). The summed E-state index contributed by atoms with van der Waals surface area (Å²) < 4.78 is 12.1. The summed E-state index contributed by atoms with van der Waals surface area (Å²) >= 11 is 1.33. The van der Waals surface area contributed by atoms with Crippen molar-refractivity contribution >= 4 is 44.1 Å². The van der Waals surface area contributed by atoms with E-state index in [2.05, 4.69) is 4.98 Å². The number of methoxy groups -OCH3 is 1. The monoisotopic (exact) mass is 528 g/mol. The molecule has 1 fully saturated rings. The summed E-state index contributed by atoms with van der Waals surface area (Å²) in [6.07, 6.45) is 0. The minimum atomic E-state index is -0.896. The molecule has 1 saturated heterocycles. The number of carbonyl (C=O) groups excluding carboxylic acids is 2. The van der Waals surface area contributed by atoms with Crippen molar-refractivity contribution in [2.24, 2.45) is 5.92 Å². The molecule has 4 aromatic rings. The molecule has 0 bridgehead atoms. The molecule has 1 aromatic heterocycles. The number of ketones is 1. The number of nitrogens with zero attached hydrogens (tertiary/aromatic N) is 2. The highest BCUT2D eigenvalue weighted by molar-refractivity contribution is 7.22. The minimum Gasteiger partial charge on any atom is -0.507 e. The van der Waals surface area contributed by atoms with Crippen molar-refractivity contribution in [1.82, 2.24) is 4.98 Å². The maximum atomic E-state index is 13.5. The Labute approximate surface area is 225 Å². The number of aromatic nitrogens is 1. The molecule has 38 heavy (non-hydrogen) atoms. The van der Waals surface area contributed by atoms with Crippen LogP contribution in [0.15, 0.2) is 72.3 Å². The van der Waals surface area contributed by atoms with Crippen LogP contribution in [0.2, 0.25) is 0 Å². The summed E-state index contributed by atoms with van der Waals surface area (Å²) in [4.78, 5) is 33.1. The number of hydrogen-bond donors (Lipinski definition) is 1. The van der Waals surface area contributed by atoms with Crippen molar-refractivity contribution in [3.63, 3.8) is 0 Å². The minimum absolute atomic E-state index is 0.0142. The van der Waals surface area contributed by atoms with Crippen molar-refractivity contribution in [1.29, 1.82) is 0 Å². The van der Waals surface area contributed by atoms with E-state index < -0.39 is 17.7 Å². The average molecular weight is 529 g/mol. The highest BCUT2D eigenvalue weighted by Crippen LogP contribution is 2.45. The highest BCUT2D eigenvalue weighted by atomic mass is 32.1. The maximum absolute atomic E-state index is 13.5. The van der Waals surface area contributed by atoms with Gasteiger partial charge >= 0.3 is 5.91 Å². The zero-order chi connectivity index (χ0) is 27.0. The van der Waals surface area contributed by atoms with Gasteiger partial charge in [0.1, 0.15) is 17.3 Å². The van der Waals surface area contributed by atoms with Gasteiger partial charge in [0.05, 0.1) is 35.5 Å². The fourth-order valence-electron chi connectivity index (χ4n) is 4.43. The maximum Gasteiger partial charge on any atom is 0.301 e. The first kappa shape index (κ1) is 25.5. The highest BCUT2D eigenvalue weighted by Gasteiger charge is 2.48. The van der Waals surface area contributed by atoms with Gasteiger partial charge in [0.25, 0.3) is 5.78 Å². The van der Waals surface area contributed by atoms with Crippen molar-refractivity contribution in [3.05, 3.63) is 89.0 Å². The number of anilines is 1. The van der Waals surface area contributed by atoms with Crippen molar-refractivity contribution in [2.75, 3.05) is 18.6 Å². The Hall–Kier alpha value is -4.17. The molecule has 0 spiro atoms. The second-order valence-electron chi connectivity index (χ2n) is 9.65. The molecule has 2 heterocycles. The van der Waals surface area contributed by atoms with Gasteiger partial charge < -0.3 is 14.6 Å². The summed E-state index contributed by atoms with van der Waals surface area (Å²) in [5.41, 5.74) is 2.79. The van der Waals surface area contributed by atoms with E-state index in [9.17, 15) is 14.7 Å². The second kappa shape index (κ2) is 10.3. The molecule has 7 nitrogen and oxygen atoms in total. The standard InChI is InChI=1S/C30H28N2O5S/c1-17(2)16-37-22-10-6-8-20(15-22)27(33)25-26(19-7-5-9-21(14-19)36-4)32(29(35)28(25)34)30-31-23-12-11-18(3)13-24(23)38-30/h5-15,17,26,33H,16H2,1-4H3/b27-25+. The first-order chi connectivity index (χ1) is 18.3. The Balaban J connectivity index is 1.67. The van der Waals surface area contributed by atoms with E-state index in [4.69, 9.17) is 9.47 Å². The number of ether oxygens (including phenoxy) is 2. The molecule has 0 saturated carbocycles. The number of benzene rings is 3. The summed E-state index contributed by atoms with van der Waals surface area (Å²) in [7, 11) is 1.55. The lowest BCUT2D eigenvalue weighted by molar-refractivity contribution is -0.132. The van der Waals surface area contributed by atoms with E-state index in [0.717, 1.165) is 15.8 Å². The summed E-state index contributed by atoms with van der Waals surface area (Å²) in [5, 5.41) is 11.9. The quantitative estimate of drug-likeness (QED) is 0.173. The number of aryl methyl sites for hydroxylation is 1. The lowest BCUT2D eigenvalue weighted by Gasteiger charge is -2.23. The molecule has 1 unspecified atom stereocenters. The largest absolute Gasteiger partial charge is 0.507 e. The first-order valence-electron chi connectivity index (χ1n) is 12.3. The van der Waals surface area contributed by atoms with Crippen LogP contribution in [0.4, 0.5) is 5.13 Å². The Morgan fingerprint density at radius 1 is 1.05 bits per heavy atom. The topological polar surface area (TPSA) is 89.0 Å². The fraction of sp³-hybridized carbons (Fsp3) is 0.233. The molecule has 0 radical (unpaired) electrons. The van der Waals surface area contributed by atoms with Gasteiger partial charge in [-0.25, -0.2) is 4.98 Å². The molecule has 1 aliphatic heterocycles. The molecule has 1 amide bonds. The summed E-state index contributed by atoms with van der Waals surface area (Å²) in [6, 6.07) is 19.0. The third kappa shape index (κ3) is 4.75. The van der Waals surface area contributed by atoms with E-state index in [1.165, 1.54) is 16.2 Å². The van der Waals surface area contributed by atoms with Crippen molar-refractivity contribution < 1.29 is 24.2 Å². The van der Waals surface area contributed by atoms with Gasteiger partial charge in [-0.05, 0) is 60.4 Å². The van der Waals surface area contributed by atoms with Gasteiger partial charge in [-0.2, -0.15) is 0 Å². The van der Waals surface area contributed by atoms with E-state index in [1.54, 1.807) is 55.6 Å². The Bertz CT molecular complexity index is 1570. The zero-order valence-corrected chi connectivity index (χ0v) is 22.4. The fourth-order valence-corrected chi connectivity index (χ4v) is 5.52. The molecule has 1 N–H and O–H groups in total. The van der Waals surface area contributed by atoms with Crippen molar-refractivity contribution in [2.45, 2.75) is 26.8 Å². The first-order valence-corrected chi connectivity index (χ1v) is 13.1. The molecule has 3 aromatic carbocycles. The lowest BCUT2D eigenvalue weighted by Crippen LogP contribution is -2.29. The number of hydrogen-bond acceptors (Lipinski definition) is 7. The van der Waals surface area contributed by atoms with Gasteiger partial charge in [0, 0.05) is 5.56 Å². The van der Waals surface area contributed by atoms with E-state index in [0.29, 0.717) is 40.3 Å². The number of aliphatic hydroxyl groups is 1. The van der Waals surface area contributed by atoms with Crippen LogP contribution in [-0.4, -0.2) is 35.5 Å². The number of rotatable bonds is 7. The molecular formula is C30H28N2O5S. The van der Waals surface area contributed by atoms with Gasteiger partial charge in [-0.3, -0.25) is 14.5 Å². The number of fused-ring (bicyclic) bond motifs is 1. The number of aliphatic hydroxyl groups excluding tert-OH is 1. The van der Waals surface area contributed by atoms with Crippen LogP contribution in [-0.2, 0) is 9.59 Å². The number of carbonyl (C=O) groups is 2. The van der Waals surface area contributed by atoms with E-state index in [-0.39, 0.29) is 11.3 Å². The van der Waals surface area contributed by atoms with Crippen LogP contribution in [0.1, 0.15) is 36.6 Å². The van der Waals surface area contributed by atoms with Crippen molar-refractivity contribution in [3.8, 4) is 11.5 Å².